The summed E-state index contributed by atoms with van der Waals surface area (Å²) in [4.78, 5) is 12.6. The largest absolute Gasteiger partial charge is 0.441 e. The molecular formula is C15H21FN2O3. The smallest absolute Gasteiger partial charge is 0.414 e. The lowest BCUT2D eigenvalue weighted by molar-refractivity contribution is 0.0963. The minimum atomic E-state index is -0.690. The molecule has 0 saturated carbocycles. The lowest BCUT2D eigenvalue weighted by Gasteiger charge is -2.12. The average Bonchev–Trinajstić information content (AvgIpc) is 2.92. The molecule has 1 aliphatic rings. The number of hydrogen-bond donors (Lipinski definition) is 1. The predicted octanol–water partition coefficient (Wildman–Crippen LogP) is 3.07. The van der Waals surface area contributed by atoms with Gasteiger partial charge in [0.05, 0.1) is 24.4 Å². The number of amides is 1. The van der Waals surface area contributed by atoms with Gasteiger partial charge in [0.1, 0.15) is 18.0 Å². The zero-order valence-corrected chi connectivity index (χ0v) is 12.8. The van der Waals surface area contributed by atoms with Crippen molar-refractivity contribution in [1.82, 2.24) is 0 Å². The molecule has 0 aromatic heterocycles. The van der Waals surface area contributed by atoms with E-state index >= 15 is 0 Å². The Labute approximate surface area is 124 Å². The summed E-state index contributed by atoms with van der Waals surface area (Å²) in [6.45, 7) is 7.89. The average molecular weight is 296 g/mol. The van der Waals surface area contributed by atoms with E-state index in [0.717, 1.165) is 6.07 Å². The Bertz CT molecular complexity index is 500. The number of carbonyl (C=O) groups is 1. The third kappa shape index (κ3) is 4.72. The molecule has 1 unspecified atom stereocenters. The minimum absolute atomic E-state index is 0.0833. The number of nitrogens with zero attached hydrogens (tertiary/aromatic N) is 2. The first-order valence-electron chi connectivity index (χ1n) is 6.94. The van der Waals surface area contributed by atoms with Crippen LogP contribution in [-0.2, 0) is 4.74 Å². The van der Waals surface area contributed by atoms with Crippen molar-refractivity contribution >= 4 is 11.8 Å². The number of halogens is 1. The van der Waals surface area contributed by atoms with Gasteiger partial charge in [-0.25, -0.2) is 9.18 Å². The van der Waals surface area contributed by atoms with Crippen LogP contribution in [-0.4, -0.2) is 30.5 Å². The number of cyclic esters (lactones) is 1. The van der Waals surface area contributed by atoms with Crippen molar-refractivity contribution < 1.29 is 19.0 Å². The molecule has 1 saturated heterocycles. The lowest BCUT2D eigenvalue weighted by Crippen LogP contribution is -2.25. The van der Waals surface area contributed by atoms with Gasteiger partial charge in [-0.15, -0.1) is 0 Å². The summed E-state index contributed by atoms with van der Waals surface area (Å²) in [5.74, 6) is -0.690. The van der Waals surface area contributed by atoms with E-state index in [9.17, 15) is 9.18 Å². The topological polar surface area (TPSA) is 73.6 Å². The highest BCUT2D eigenvalue weighted by Gasteiger charge is 2.32. The molecule has 6 heteroatoms. The fourth-order valence-corrected chi connectivity index (χ4v) is 1.59. The van der Waals surface area contributed by atoms with Crippen LogP contribution in [0.5, 0.6) is 0 Å². The number of hydrogen-bond acceptors (Lipinski definition) is 4. The molecule has 21 heavy (non-hydrogen) atoms. The van der Waals surface area contributed by atoms with E-state index in [1.807, 2.05) is 27.7 Å². The molecule has 1 aromatic rings. The van der Waals surface area contributed by atoms with Gasteiger partial charge in [-0.3, -0.25) is 4.90 Å². The van der Waals surface area contributed by atoms with E-state index in [0.29, 0.717) is 5.69 Å². The van der Waals surface area contributed by atoms with Crippen LogP contribution in [0.15, 0.2) is 18.2 Å². The third-order valence-electron chi connectivity index (χ3n) is 2.46. The molecule has 0 aliphatic carbocycles. The Morgan fingerprint density at radius 3 is 2.48 bits per heavy atom. The molecule has 0 radical (unpaired) electrons. The Hall–Kier alpha value is -2.13. The molecule has 116 valence electrons. The van der Waals surface area contributed by atoms with E-state index < -0.39 is 18.0 Å². The molecule has 1 atom stereocenters. The first kappa shape index (κ1) is 18.9. The van der Waals surface area contributed by atoms with Crippen LogP contribution in [0.3, 0.4) is 0 Å². The van der Waals surface area contributed by atoms with Crippen LogP contribution in [0.2, 0.25) is 0 Å². The van der Waals surface area contributed by atoms with Gasteiger partial charge in [-0.1, -0.05) is 27.7 Å². The van der Waals surface area contributed by atoms with Gasteiger partial charge in [0.2, 0.25) is 0 Å². The van der Waals surface area contributed by atoms with Gasteiger partial charge in [-0.05, 0) is 18.2 Å². The van der Waals surface area contributed by atoms with Crippen molar-refractivity contribution in [3.05, 3.63) is 29.6 Å². The summed E-state index contributed by atoms with van der Waals surface area (Å²) in [6.07, 6.45) is -1.23. The maximum absolute atomic E-state index is 13.4. The Kier molecular flexibility index (Phi) is 8.74. The van der Waals surface area contributed by atoms with Gasteiger partial charge in [0.15, 0.2) is 0 Å². The molecule has 1 aliphatic heterocycles. The minimum Gasteiger partial charge on any atom is -0.441 e. The molecule has 1 aromatic carbocycles. The zero-order valence-electron chi connectivity index (χ0n) is 12.8. The molecular weight excluding hydrogens is 275 g/mol. The van der Waals surface area contributed by atoms with Crippen LogP contribution in [0.25, 0.3) is 0 Å². The van der Waals surface area contributed by atoms with Crippen molar-refractivity contribution in [1.29, 1.82) is 5.26 Å². The Morgan fingerprint density at radius 1 is 1.43 bits per heavy atom. The number of benzene rings is 1. The number of aliphatic hydroxyl groups is 1. The molecule has 1 fully saturated rings. The van der Waals surface area contributed by atoms with Crippen LogP contribution < -0.4 is 4.90 Å². The normalized spacial score (nSPS) is 16.0. The van der Waals surface area contributed by atoms with E-state index in [2.05, 4.69) is 0 Å². The van der Waals surface area contributed by atoms with Crippen LogP contribution in [0.4, 0.5) is 14.9 Å². The maximum atomic E-state index is 13.4. The monoisotopic (exact) mass is 296 g/mol. The second-order valence-corrected chi connectivity index (χ2v) is 3.57. The van der Waals surface area contributed by atoms with Crippen molar-refractivity contribution in [2.24, 2.45) is 0 Å². The number of anilines is 1. The molecule has 1 amide bonds. The number of ether oxygens (including phenoxy) is 1. The van der Waals surface area contributed by atoms with E-state index in [1.165, 1.54) is 17.0 Å². The quantitative estimate of drug-likeness (QED) is 0.910. The fraction of sp³-hybridized carbons (Fsp3) is 0.467. The number of nitriles is 1. The number of aliphatic hydroxyl groups excluding tert-OH is 1. The van der Waals surface area contributed by atoms with E-state index in [1.54, 1.807) is 6.07 Å². The van der Waals surface area contributed by atoms with Crippen molar-refractivity contribution in [3.63, 3.8) is 0 Å². The third-order valence-corrected chi connectivity index (χ3v) is 2.46. The van der Waals surface area contributed by atoms with Gasteiger partial charge >= 0.3 is 6.09 Å². The summed E-state index contributed by atoms with van der Waals surface area (Å²) in [6, 6.07) is 5.55. The highest BCUT2D eigenvalue weighted by Crippen LogP contribution is 2.23. The Morgan fingerprint density at radius 2 is 2.05 bits per heavy atom. The zero-order chi connectivity index (χ0) is 16.4. The summed E-state index contributed by atoms with van der Waals surface area (Å²) >= 11 is 0. The highest BCUT2D eigenvalue weighted by atomic mass is 19.1. The summed E-state index contributed by atoms with van der Waals surface area (Å²) in [7, 11) is 0. The lowest BCUT2D eigenvalue weighted by atomic mass is 10.2. The molecule has 0 spiro atoms. The van der Waals surface area contributed by atoms with Gasteiger partial charge < -0.3 is 9.84 Å². The molecule has 0 bridgehead atoms. The maximum Gasteiger partial charge on any atom is 0.414 e. The summed E-state index contributed by atoms with van der Waals surface area (Å²) < 4.78 is 18.2. The van der Waals surface area contributed by atoms with E-state index in [-0.39, 0.29) is 18.7 Å². The van der Waals surface area contributed by atoms with Crippen LogP contribution in [0.1, 0.15) is 33.3 Å². The highest BCUT2D eigenvalue weighted by molar-refractivity contribution is 5.89. The fourth-order valence-electron chi connectivity index (χ4n) is 1.59. The standard InChI is InChI=1S/C11H9FN2O3.2C2H6/c12-10-3-8(2-1-7(10)4-13)14-5-9(6-15)17-11(14)16;2*1-2/h1-3,9,15H,5-6H2;2*1-2H3. The van der Waals surface area contributed by atoms with Crippen molar-refractivity contribution in [2.75, 3.05) is 18.1 Å². The molecule has 2 rings (SSSR count). The van der Waals surface area contributed by atoms with Crippen molar-refractivity contribution in [3.8, 4) is 6.07 Å². The SMILES string of the molecule is CC.CC.N#Cc1ccc(N2CC(CO)OC2=O)cc1F. The van der Waals surface area contributed by atoms with Crippen LogP contribution >= 0.6 is 0 Å². The predicted molar refractivity (Wildman–Crippen MR) is 78.5 cm³/mol. The molecule has 1 N–H and O–H groups in total. The first-order chi connectivity index (χ1) is 10.2. The number of rotatable bonds is 2. The second kappa shape index (κ2) is 9.72. The first-order valence-corrected chi connectivity index (χ1v) is 6.94. The van der Waals surface area contributed by atoms with Gasteiger partial charge in [0, 0.05) is 0 Å². The summed E-state index contributed by atoms with van der Waals surface area (Å²) in [5, 5.41) is 17.4. The molecule has 1 heterocycles. The number of carbonyl (C=O) groups excluding carboxylic acids is 1. The molecule has 5 nitrogen and oxygen atoms in total. The Balaban J connectivity index is 0.000000921. The van der Waals surface area contributed by atoms with Gasteiger partial charge in [0.25, 0.3) is 0 Å². The van der Waals surface area contributed by atoms with E-state index in [4.69, 9.17) is 15.1 Å². The van der Waals surface area contributed by atoms with Crippen LogP contribution in [0, 0.1) is 17.1 Å². The second-order valence-electron chi connectivity index (χ2n) is 3.57. The van der Waals surface area contributed by atoms with Crippen molar-refractivity contribution in [2.45, 2.75) is 33.8 Å². The summed E-state index contributed by atoms with van der Waals surface area (Å²) in [5.41, 5.74) is 0.225. The van der Waals surface area contributed by atoms with Gasteiger partial charge in [-0.2, -0.15) is 5.26 Å².